The average molecular weight is 301 g/mol. The second kappa shape index (κ2) is 7.20. The molecule has 2 N–H and O–H groups in total. The smallest absolute Gasteiger partial charge is 0.289 e. The fourth-order valence-electron chi connectivity index (χ4n) is 1.69. The second-order valence-electron chi connectivity index (χ2n) is 4.29. The van der Waals surface area contributed by atoms with Crippen molar-refractivity contribution in [2.45, 2.75) is 31.1 Å². The lowest BCUT2D eigenvalue weighted by molar-refractivity contribution is -0.387. The summed E-state index contributed by atoms with van der Waals surface area (Å²) in [5.41, 5.74) is 0.0801. The van der Waals surface area contributed by atoms with Crippen LogP contribution in [0.25, 0.3) is 0 Å². The van der Waals surface area contributed by atoms with Crippen LogP contribution in [0.4, 0.5) is 11.4 Å². The van der Waals surface area contributed by atoms with E-state index in [4.69, 9.17) is 0 Å². The van der Waals surface area contributed by atoms with Gasteiger partial charge in [-0.05, 0) is 18.6 Å². The van der Waals surface area contributed by atoms with Gasteiger partial charge in [-0.3, -0.25) is 10.1 Å². The molecule has 0 aliphatic carbocycles. The van der Waals surface area contributed by atoms with Gasteiger partial charge in [0.2, 0.25) is 10.0 Å². The molecule has 1 aromatic carbocycles. The zero-order valence-corrected chi connectivity index (χ0v) is 12.4. The number of hydrogen-bond donors (Lipinski definition) is 2. The highest BCUT2D eigenvalue weighted by Crippen LogP contribution is 2.26. The Labute approximate surface area is 118 Å². The highest BCUT2D eigenvalue weighted by molar-refractivity contribution is 7.89. The van der Waals surface area contributed by atoms with Gasteiger partial charge in [-0.25, -0.2) is 13.1 Å². The van der Waals surface area contributed by atoms with E-state index in [1.165, 1.54) is 18.2 Å². The molecule has 0 heterocycles. The summed E-state index contributed by atoms with van der Waals surface area (Å²) < 4.78 is 26.7. The van der Waals surface area contributed by atoms with Crippen molar-refractivity contribution in [1.29, 1.82) is 0 Å². The number of benzene rings is 1. The zero-order chi connectivity index (χ0) is 15.2. The van der Waals surface area contributed by atoms with Crippen molar-refractivity contribution < 1.29 is 13.3 Å². The van der Waals surface area contributed by atoms with Crippen LogP contribution in [0.1, 0.15) is 26.2 Å². The lowest BCUT2D eigenvalue weighted by Crippen LogP contribution is -2.25. The SMILES string of the molecule is CCCCCNS(=O)(=O)c1cc(NC)ccc1[N+](=O)[O-]. The van der Waals surface area contributed by atoms with Crippen LogP contribution in [-0.2, 0) is 10.0 Å². The fraction of sp³-hybridized carbons (Fsp3) is 0.500. The molecule has 0 atom stereocenters. The molecule has 1 rings (SSSR count). The standard InChI is InChI=1S/C12H19N3O4S/c1-3-4-5-8-14-20(18,19)12-9-10(13-2)6-7-11(12)15(16)17/h6-7,9,13-14H,3-5,8H2,1-2H3. The normalized spacial score (nSPS) is 11.3. The van der Waals surface area contributed by atoms with E-state index in [1.54, 1.807) is 7.05 Å². The largest absolute Gasteiger partial charge is 0.388 e. The Bertz CT molecular complexity index is 572. The van der Waals surface area contributed by atoms with Gasteiger partial charge in [0, 0.05) is 25.3 Å². The van der Waals surface area contributed by atoms with Crippen LogP contribution in [0.3, 0.4) is 0 Å². The minimum Gasteiger partial charge on any atom is -0.388 e. The number of anilines is 1. The topological polar surface area (TPSA) is 101 Å². The first-order valence-electron chi connectivity index (χ1n) is 6.38. The molecule has 0 aromatic heterocycles. The van der Waals surface area contributed by atoms with Crippen LogP contribution in [0.5, 0.6) is 0 Å². The van der Waals surface area contributed by atoms with Crippen molar-refractivity contribution in [3.63, 3.8) is 0 Å². The number of sulfonamides is 1. The van der Waals surface area contributed by atoms with Crippen LogP contribution >= 0.6 is 0 Å². The van der Waals surface area contributed by atoms with E-state index in [0.29, 0.717) is 12.1 Å². The second-order valence-corrected chi connectivity index (χ2v) is 6.03. The first-order chi connectivity index (χ1) is 9.42. The Morgan fingerprint density at radius 2 is 2.00 bits per heavy atom. The number of rotatable bonds is 8. The van der Waals surface area contributed by atoms with Gasteiger partial charge in [0.05, 0.1) is 4.92 Å². The van der Waals surface area contributed by atoms with E-state index in [1.807, 2.05) is 6.92 Å². The summed E-state index contributed by atoms with van der Waals surface area (Å²) >= 11 is 0. The lowest BCUT2D eigenvalue weighted by atomic mass is 10.3. The predicted octanol–water partition coefficient (Wildman–Crippen LogP) is 2.10. The number of nitro groups is 1. The van der Waals surface area contributed by atoms with Gasteiger partial charge in [0.1, 0.15) is 0 Å². The number of nitro benzene ring substituents is 1. The zero-order valence-electron chi connectivity index (χ0n) is 11.5. The Hall–Kier alpha value is -1.67. The van der Waals surface area contributed by atoms with E-state index < -0.39 is 20.6 Å². The first kappa shape index (κ1) is 16.4. The Kier molecular flexibility index (Phi) is 5.90. The maximum atomic E-state index is 12.1. The van der Waals surface area contributed by atoms with Gasteiger partial charge < -0.3 is 5.32 Å². The van der Waals surface area contributed by atoms with Gasteiger partial charge in [0.15, 0.2) is 4.90 Å². The number of hydrogen-bond acceptors (Lipinski definition) is 5. The summed E-state index contributed by atoms with van der Waals surface area (Å²) in [7, 11) is -2.26. The van der Waals surface area contributed by atoms with Crippen LogP contribution in [0.15, 0.2) is 23.1 Å². The molecule has 0 aliphatic heterocycles. The third-order valence-electron chi connectivity index (χ3n) is 2.81. The molecule has 0 amide bonds. The molecule has 0 aliphatic rings. The Morgan fingerprint density at radius 1 is 1.30 bits per heavy atom. The molecule has 0 fully saturated rings. The average Bonchev–Trinajstić information content (AvgIpc) is 2.42. The number of nitrogens with zero attached hydrogens (tertiary/aromatic N) is 1. The van der Waals surface area contributed by atoms with Crippen LogP contribution < -0.4 is 10.0 Å². The summed E-state index contributed by atoms with van der Waals surface area (Å²) in [5.74, 6) is 0. The highest BCUT2D eigenvalue weighted by Gasteiger charge is 2.25. The van der Waals surface area contributed by atoms with Gasteiger partial charge in [-0.1, -0.05) is 19.8 Å². The highest BCUT2D eigenvalue weighted by atomic mass is 32.2. The van der Waals surface area contributed by atoms with Gasteiger partial charge in [-0.2, -0.15) is 0 Å². The molecular formula is C12H19N3O4S. The molecule has 0 unspecified atom stereocenters. The van der Waals surface area contributed by atoms with E-state index in [9.17, 15) is 18.5 Å². The monoisotopic (exact) mass is 301 g/mol. The fourth-order valence-corrected chi connectivity index (χ4v) is 2.96. The van der Waals surface area contributed by atoms with Gasteiger partial charge >= 0.3 is 0 Å². The Morgan fingerprint density at radius 3 is 2.55 bits per heavy atom. The molecule has 8 heteroatoms. The van der Waals surface area contributed by atoms with Crippen molar-refractivity contribution >= 4 is 21.4 Å². The van der Waals surface area contributed by atoms with Crippen LogP contribution in [0, 0.1) is 10.1 Å². The molecule has 0 radical (unpaired) electrons. The van der Waals surface area contributed by atoms with Crippen molar-refractivity contribution in [2.75, 3.05) is 18.9 Å². The van der Waals surface area contributed by atoms with Crippen molar-refractivity contribution in [3.8, 4) is 0 Å². The predicted molar refractivity (Wildman–Crippen MR) is 77.4 cm³/mol. The van der Waals surface area contributed by atoms with Gasteiger partial charge in [0.25, 0.3) is 5.69 Å². The molecule has 7 nitrogen and oxygen atoms in total. The molecular weight excluding hydrogens is 282 g/mol. The summed E-state index contributed by atoms with van der Waals surface area (Å²) in [6.07, 6.45) is 2.58. The maximum Gasteiger partial charge on any atom is 0.289 e. The quantitative estimate of drug-likeness (QED) is 0.435. The lowest BCUT2D eigenvalue weighted by Gasteiger charge is -2.09. The first-order valence-corrected chi connectivity index (χ1v) is 7.86. The van der Waals surface area contributed by atoms with E-state index in [-0.39, 0.29) is 11.4 Å². The Balaban J connectivity index is 3.05. The van der Waals surface area contributed by atoms with Gasteiger partial charge in [-0.15, -0.1) is 0 Å². The van der Waals surface area contributed by atoms with Crippen LogP contribution in [-0.4, -0.2) is 26.9 Å². The summed E-state index contributed by atoms with van der Waals surface area (Å²) in [4.78, 5) is 9.93. The van der Waals surface area contributed by atoms with Crippen LogP contribution in [0.2, 0.25) is 0 Å². The van der Waals surface area contributed by atoms with Crippen molar-refractivity contribution in [1.82, 2.24) is 4.72 Å². The van der Waals surface area contributed by atoms with E-state index in [0.717, 1.165) is 12.8 Å². The third-order valence-corrected chi connectivity index (χ3v) is 4.30. The molecule has 0 bridgehead atoms. The summed E-state index contributed by atoms with van der Waals surface area (Å²) in [6.45, 7) is 2.28. The van der Waals surface area contributed by atoms with E-state index >= 15 is 0 Å². The van der Waals surface area contributed by atoms with Crippen molar-refractivity contribution in [3.05, 3.63) is 28.3 Å². The summed E-state index contributed by atoms with van der Waals surface area (Å²) in [6, 6.07) is 3.92. The molecule has 0 saturated carbocycles. The molecule has 0 saturated heterocycles. The number of nitrogens with one attached hydrogen (secondary N) is 2. The molecule has 112 valence electrons. The molecule has 0 spiro atoms. The van der Waals surface area contributed by atoms with E-state index in [2.05, 4.69) is 10.0 Å². The van der Waals surface area contributed by atoms with Crippen molar-refractivity contribution in [2.24, 2.45) is 0 Å². The minimum absolute atomic E-state index is 0.275. The molecule has 20 heavy (non-hydrogen) atoms. The summed E-state index contributed by atoms with van der Waals surface area (Å²) in [5, 5.41) is 13.7. The molecule has 1 aromatic rings. The maximum absolute atomic E-state index is 12.1. The third kappa shape index (κ3) is 4.17. The minimum atomic E-state index is -3.88. The number of unbranched alkanes of at least 4 members (excludes halogenated alkanes) is 2.